The van der Waals surface area contributed by atoms with Gasteiger partial charge in [0.25, 0.3) is 5.91 Å². The van der Waals surface area contributed by atoms with E-state index in [0.29, 0.717) is 11.3 Å². The number of hydrogen-bond acceptors (Lipinski definition) is 5. The number of carbonyl (C=O) groups excluding carboxylic acids is 3. The van der Waals surface area contributed by atoms with Gasteiger partial charge in [0.15, 0.2) is 12.4 Å². The third kappa shape index (κ3) is 5.09. The minimum Gasteiger partial charge on any atom is -0.450 e. The summed E-state index contributed by atoms with van der Waals surface area (Å²) in [5, 5.41) is 0. The van der Waals surface area contributed by atoms with E-state index in [0.717, 1.165) is 44.3 Å². The molecular weight excluding hydrogens is 358 g/mol. The molecule has 1 fully saturated rings. The van der Waals surface area contributed by atoms with Crippen LogP contribution in [-0.2, 0) is 9.53 Å². The SMILES string of the molecule is CC(=O)c1ccc(-c2ccc(C(=O)OCC(=O)N3CCCCCCC3)o2)cc1. The number of likely N-dealkylation sites (tertiary alicyclic amines) is 1. The molecule has 148 valence electrons. The lowest BCUT2D eigenvalue weighted by Crippen LogP contribution is -2.36. The van der Waals surface area contributed by atoms with Crippen LogP contribution >= 0.6 is 0 Å². The van der Waals surface area contributed by atoms with E-state index in [1.807, 2.05) is 0 Å². The Balaban J connectivity index is 1.56. The van der Waals surface area contributed by atoms with Crippen molar-refractivity contribution in [1.29, 1.82) is 0 Å². The molecule has 1 aliphatic heterocycles. The van der Waals surface area contributed by atoms with Crippen molar-refractivity contribution in [2.24, 2.45) is 0 Å². The Morgan fingerprint density at radius 3 is 2.21 bits per heavy atom. The molecule has 1 saturated heterocycles. The van der Waals surface area contributed by atoms with Crippen LogP contribution in [0.5, 0.6) is 0 Å². The zero-order chi connectivity index (χ0) is 19.9. The Morgan fingerprint density at radius 1 is 0.929 bits per heavy atom. The second-order valence-corrected chi connectivity index (χ2v) is 7.02. The fraction of sp³-hybridized carbons (Fsp3) is 0.409. The second kappa shape index (κ2) is 9.35. The van der Waals surface area contributed by atoms with Crippen molar-refractivity contribution < 1.29 is 23.5 Å². The van der Waals surface area contributed by atoms with Crippen molar-refractivity contribution in [3.63, 3.8) is 0 Å². The van der Waals surface area contributed by atoms with Gasteiger partial charge in [-0.15, -0.1) is 0 Å². The highest BCUT2D eigenvalue weighted by molar-refractivity contribution is 5.94. The van der Waals surface area contributed by atoms with E-state index in [-0.39, 0.29) is 24.1 Å². The molecule has 0 aliphatic carbocycles. The van der Waals surface area contributed by atoms with Crippen LogP contribution in [0.25, 0.3) is 11.3 Å². The van der Waals surface area contributed by atoms with Crippen LogP contribution in [0.1, 0.15) is 59.9 Å². The van der Waals surface area contributed by atoms with Gasteiger partial charge in [0.1, 0.15) is 5.76 Å². The van der Waals surface area contributed by atoms with Gasteiger partial charge in [0, 0.05) is 24.2 Å². The fourth-order valence-corrected chi connectivity index (χ4v) is 3.26. The molecule has 2 aromatic rings. The van der Waals surface area contributed by atoms with Crippen LogP contribution in [0.4, 0.5) is 0 Å². The van der Waals surface area contributed by atoms with E-state index in [1.54, 1.807) is 35.2 Å². The molecule has 3 rings (SSSR count). The molecule has 1 aromatic carbocycles. The largest absolute Gasteiger partial charge is 0.450 e. The summed E-state index contributed by atoms with van der Waals surface area (Å²) in [5.74, 6) is -0.294. The van der Waals surface area contributed by atoms with Gasteiger partial charge in [-0.05, 0) is 31.9 Å². The second-order valence-electron chi connectivity index (χ2n) is 7.02. The Bertz CT molecular complexity index is 829. The molecule has 1 amide bonds. The number of carbonyl (C=O) groups is 3. The summed E-state index contributed by atoms with van der Waals surface area (Å²) in [6.07, 6.45) is 5.46. The number of nitrogens with zero attached hydrogens (tertiary/aromatic N) is 1. The number of hydrogen-bond donors (Lipinski definition) is 0. The van der Waals surface area contributed by atoms with Crippen molar-refractivity contribution >= 4 is 17.7 Å². The van der Waals surface area contributed by atoms with Crippen LogP contribution in [0.2, 0.25) is 0 Å². The average Bonchev–Trinajstić information content (AvgIpc) is 3.16. The fourth-order valence-electron chi connectivity index (χ4n) is 3.26. The summed E-state index contributed by atoms with van der Waals surface area (Å²) >= 11 is 0. The zero-order valence-electron chi connectivity index (χ0n) is 16.1. The maximum atomic E-state index is 12.3. The van der Waals surface area contributed by atoms with Crippen LogP contribution in [0.3, 0.4) is 0 Å². The molecule has 0 atom stereocenters. The molecule has 1 aliphatic rings. The summed E-state index contributed by atoms with van der Waals surface area (Å²) in [4.78, 5) is 37.6. The molecule has 0 unspecified atom stereocenters. The van der Waals surface area contributed by atoms with Crippen molar-refractivity contribution in [3.05, 3.63) is 47.7 Å². The Morgan fingerprint density at radius 2 is 1.57 bits per heavy atom. The number of rotatable bonds is 5. The number of benzene rings is 1. The maximum absolute atomic E-state index is 12.3. The van der Waals surface area contributed by atoms with Crippen molar-refractivity contribution in [2.75, 3.05) is 19.7 Å². The van der Waals surface area contributed by atoms with Gasteiger partial charge in [-0.25, -0.2) is 4.79 Å². The molecular formula is C22H25NO5. The van der Waals surface area contributed by atoms with Crippen LogP contribution in [0, 0.1) is 0 Å². The van der Waals surface area contributed by atoms with E-state index in [1.165, 1.54) is 19.4 Å². The van der Waals surface area contributed by atoms with Crippen LogP contribution in [-0.4, -0.2) is 42.3 Å². The number of amides is 1. The summed E-state index contributed by atoms with van der Waals surface area (Å²) < 4.78 is 10.7. The summed E-state index contributed by atoms with van der Waals surface area (Å²) in [5.41, 5.74) is 1.36. The third-order valence-electron chi connectivity index (χ3n) is 4.92. The minimum absolute atomic E-state index is 0.0139. The first kappa shape index (κ1) is 19.9. The van der Waals surface area contributed by atoms with E-state index >= 15 is 0 Å². The van der Waals surface area contributed by atoms with E-state index in [9.17, 15) is 14.4 Å². The number of ketones is 1. The Labute approximate surface area is 164 Å². The van der Waals surface area contributed by atoms with E-state index in [4.69, 9.17) is 9.15 Å². The molecule has 6 heteroatoms. The zero-order valence-corrected chi connectivity index (χ0v) is 16.1. The lowest BCUT2D eigenvalue weighted by Gasteiger charge is -2.24. The lowest BCUT2D eigenvalue weighted by atomic mass is 10.1. The first-order valence-corrected chi connectivity index (χ1v) is 9.71. The number of furan rings is 1. The Kier molecular flexibility index (Phi) is 6.63. The van der Waals surface area contributed by atoms with Gasteiger partial charge in [0.2, 0.25) is 5.76 Å². The van der Waals surface area contributed by atoms with Gasteiger partial charge >= 0.3 is 5.97 Å². The highest BCUT2D eigenvalue weighted by Gasteiger charge is 2.19. The average molecular weight is 383 g/mol. The first-order chi connectivity index (χ1) is 13.5. The lowest BCUT2D eigenvalue weighted by molar-refractivity contribution is -0.134. The van der Waals surface area contributed by atoms with Crippen molar-refractivity contribution in [2.45, 2.75) is 39.0 Å². The molecule has 0 bridgehead atoms. The molecule has 6 nitrogen and oxygen atoms in total. The van der Waals surface area contributed by atoms with E-state index in [2.05, 4.69) is 0 Å². The molecule has 28 heavy (non-hydrogen) atoms. The monoisotopic (exact) mass is 383 g/mol. The quantitative estimate of drug-likeness (QED) is 0.574. The maximum Gasteiger partial charge on any atom is 0.374 e. The smallest absolute Gasteiger partial charge is 0.374 e. The van der Waals surface area contributed by atoms with Crippen molar-refractivity contribution in [1.82, 2.24) is 4.90 Å². The number of esters is 1. The van der Waals surface area contributed by atoms with Crippen molar-refractivity contribution in [3.8, 4) is 11.3 Å². The van der Waals surface area contributed by atoms with Gasteiger partial charge in [-0.2, -0.15) is 0 Å². The van der Waals surface area contributed by atoms with Gasteiger partial charge < -0.3 is 14.1 Å². The van der Waals surface area contributed by atoms with Crippen LogP contribution in [0.15, 0.2) is 40.8 Å². The molecule has 0 radical (unpaired) electrons. The normalized spacial score (nSPS) is 14.8. The third-order valence-corrected chi connectivity index (χ3v) is 4.92. The van der Waals surface area contributed by atoms with Gasteiger partial charge in [-0.3, -0.25) is 9.59 Å². The summed E-state index contributed by atoms with van der Waals surface area (Å²) in [7, 11) is 0. The predicted molar refractivity (Wildman–Crippen MR) is 104 cm³/mol. The topological polar surface area (TPSA) is 76.8 Å². The highest BCUT2D eigenvalue weighted by atomic mass is 16.5. The van der Waals surface area contributed by atoms with E-state index < -0.39 is 5.97 Å². The minimum atomic E-state index is -0.660. The molecule has 1 aromatic heterocycles. The van der Waals surface area contributed by atoms with Crippen LogP contribution < -0.4 is 0 Å². The highest BCUT2D eigenvalue weighted by Crippen LogP contribution is 2.23. The Hall–Kier alpha value is -2.89. The molecule has 0 N–H and O–H groups in total. The standard InChI is InChI=1S/C22H25NO5/c1-16(24)17-7-9-18(10-8-17)19-11-12-20(28-19)22(26)27-15-21(25)23-13-5-3-2-4-6-14-23/h7-12H,2-6,13-15H2,1H3. The molecule has 0 spiro atoms. The predicted octanol–water partition coefficient (Wildman–Crippen LogP) is 4.10. The molecule has 2 heterocycles. The first-order valence-electron chi connectivity index (χ1n) is 9.71. The number of ether oxygens (including phenoxy) is 1. The van der Waals surface area contributed by atoms with Gasteiger partial charge in [0.05, 0.1) is 0 Å². The number of Topliss-reactive ketones (excluding diaryl/α,β-unsaturated/α-hetero) is 1. The van der Waals surface area contributed by atoms with Gasteiger partial charge in [-0.1, -0.05) is 43.5 Å². The molecule has 0 saturated carbocycles. The summed E-state index contributed by atoms with van der Waals surface area (Å²) in [6, 6.07) is 10.1. The summed E-state index contributed by atoms with van der Waals surface area (Å²) in [6.45, 7) is 2.67.